The Bertz CT molecular complexity index is 637. The molecule has 0 unspecified atom stereocenters. The van der Waals surface area contributed by atoms with E-state index < -0.39 is 41.4 Å². The molecule has 0 saturated heterocycles. The summed E-state index contributed by atoms with van der Waals surface area (Å²) in [6.45, 7) is 7.40. The molecular weight excluding hydrogens is 339 g/mol. The van der Waals surface area contributed by atoms with Crippen LogP contribution in [0.5, 0.6) is 0 Å². The summed E-state index contributed by atoms with van der Waals surface area (Å²) in [5, 5.41) is 4.73. The monoisotopic (exact) mass is 361 g/mol. The van der Waals surface area contributed by atoms with E-state index in [2.05, 4.69) is 15.6 Å². The molecule has 0 aliphatic rings. The zero-order chi connectivity index (χ0) is 19.5. The van der Waals surface area contributed by atoms with Gasteiger partial charge >= 0.3 is 12.3 Å². The lowest BCUT2D eigenvalue weighted by molar-refractivity contribution is -0.139. The van der Waals surface area contributed by atoms with Crippen LogP contribution in [0.4, 0.5) is 18.0 Å². The number of rotatable bonds is 4. The average molecular weight is 361 g/mol. The minimum atomic E-state index is -4.57. The van der Waals surface area contributed by atoms with Crippen molar-refractivity contribution in [3.05, 3.63) is 29.6 Å². The molecule has 0 fully saturated rings. The first-order valence-electron chi connectivity index (χ1n) is 7.53. The molecule has 0 aliphatic carbocycles. The van der Waals surface area contributed by atoms with Crippen LogP contribution < -0.4 is 10.6 Å². The number of halogens is 3. The molecule has 0 aliphatic heterocycles. The van der Waals surface area contributed by atoms with E-state index in [4.69, 9.17) is 4.74 Å². The second kappa shape index (κ2) is 7.28. The summed E-state index contributed by atoms with van der Waals surface area (Å²) >= 11 is 0. The van der Waals surface area contributed by atoms with Crippen molar-refractivity contribution in [2.75, 3.05) is 0 Å². The molecule has 6 nitrogen and oxygen atoms in total. The van der Waals surface area contributed by atoms with Gasteiger partial charge in [-0.1, -0.05) is 0 Å². The molecule has 2 N–H and O–H groups in total. The smallest absolute Gasteiger partial charge is 0.418 e. The number of alkyl carbamates (subject to hydrolysis) is 1. The number of ether oxygens (including phenoxy) is 1. The van der Waals surface area contributed by atoms with Crippen molar-refractivity contribution in [1.29, 1.82) is 0 Å². The first kappa shape index (κ1) is 20.7. The standard InChI is InChI=1S/C16H22F3N3O3/c1-14(2,3)25-13(24)22-15(4,5)12(23)21-9-11-10(16(17,18)19)7-6-8-20-11/h6-8H,9H2,1-5H3,(H,21,23)(H,22,24). The van der Waals surface area contributed by atoms with Crippen LogP contribution in [0.25, 0.3) is 0 Å². The highest BCUT2D eigenvalue weighted by Gasteiger charge is 2.35. The van der Waals surface area contributed by atoms with Crippen molar-refractivity contribution < 1.29 is 27.5 Å². The molecule has 0 radical (unpaired) electrons. The van der Waals surface area contributed by atoms with Gasteiger partial charge in [-0.05, 0) is 46.8 Å². The Morgan fingerprint density at radius 2 is 1.76 bits per heavy atom. The van der Waals surface area contributed by atoms with Crippen molar-refractivity contribution in [1.82, 2.24) is 15.6 Å². The van der Waals surface area contributed by atoms with Crippen LogP contribution >= 0.6 is 0 Å². The zero-order valence-corrected chi connectivity index (χ0v) is 14.7. The van der Waals surface area contributed by atoms with Gasteiger partial charge in [0, 0.05) is 6.20 Å². The summed E-state index contributed by atoms with van der Waals surface area (Å²) in [6.07, 6.45) is -4.17. The van der Waals surface area contributed by atoms with E-state index in [1.54, 1.807) is 20.8 Å². The first-order chi connectivity index (χ1) is 11.2. The molecule has 0 bridgehead atoms. The maximum Gasteiger partial charge on any atom is 0.418 e. The number of nitrogens with zero attached hydrogens (tertiary/aromatic N) is 1. The van der Waals surface area contributed by atoms with Gasteiger partial charge in [0.2, 0.25) is 5.91 Å². The normalized spacial score (nSPS) is 12.5. The predicted octanol–water partition coefficient (Wildman–Crippen LogP) is 3.02. The van der Waals surface area contributed by atoms with E-state index >= 15 is 0 Å². The quantitative estimate of drug-likeness (QED) is 0.864. The van der Waals surface area contributed by atoms with Gasteiger partial charge in [0.05, 0.1) is 17.8 Å². The molecule has 2 amide bonds. The molecule has 9 heteroatoms. The van der Waals surface area contributed by atoms with Crippen LogP contribution in [0.3, 0.4) is 0 Å². The van der Waals surface area contributed by atoms with E-state index in [9.17, 15) is 22.8 Å². The molecule has 1 aromatic heterocycles. The van der Waals surface area contributed by atoms with Gasteiger partial charge in [-0.25, -0.2) is 4.79 Å². The van der Waals surface area contributed by atoms with Gasteiger partial charge < -0.3 is 15.4 Å². The Kier molecular flexibility index (Phi) is 6.04. The van der Waals surface area contributed by atoms with Gasteiger partial charge in [-0.15, -0.1) is 0 Å². The highest BCUT2D eigenvalue weighted by Crippen LogP contribution is 2.30. The Hall–Kier alpha value is -2.32. The van der Waals surface area contributed by atoms with Crippen LogP contribution in [0.15, 0.2) is 18.3 Å². The third kappa shape index (κ3) is 6.60. The molecule has 1 rings (SSSR count). The third-order valence-electron chi connectivity index (χ3n) is 2.99. The number of aromatic nitrogens is 1. The van der Waals surface area contributed by atoms with E-state index in [1.165, 1.54) is 26.1 Å². The Morgan fingerprint density at radius 1 is 1.16 bits per heavy atom. The number of carbonyl (C=O) groups excluding carboxylic acids is 2. The fraction of sp³-hybridized carbons (Fsp3) is 0.562. The van der Waals surface area contributed by atoms with Crippen LogP contribution in [0.2, 0.25) is 0 Å². The van der Waals surface area contributed by atoms with Gasteiger partial charge in [0.15, 0.2) is 0 Å². The lowest BCUT2D eigenvalue weighted by Crippen LogP contribution is -2.55. The lowest BCUT2D eigenvalue weighted by Gasteiger charge is -2.27. The maximum absolute atomic E-state index is 12.9. The number of pyridine rings is 1. The molecule has 1 heterocycles. The molecular formula is C16H22F3N3O3. The van der Waals surface area contributed by atoms with E-state index in [1.807, 2.05) is 0 Å². The number of hydrogen-bond donors (Lipinski definition) is 2. The molecule has 0 saturated carbocycles. The maximum atomic E-state index is 12.9. The van der Waals surface area contributed by atoms with Crippen LogP contribution in [-0.2, 0) is 22.3 Å². The van der Waals surface area contributed by atoms with Crippen LogP contribution in [0.1, 0.15) is 45.9 Å². The molecule has 0 aromatic carbocycles. The molecule has 1 aromatic rings. The highest BCUT2D eigenvalue weighted by atomic mass is 19.4. The molecule has 25 heavy (non-hydrogen) atoms. The SMILES string of the molecule is CC(C)(C)OC(=O)NC(C)(C)C(=O)NCc1ncccc1C(F)(F)F. The van der Waals surface area contributed by atoms with E-state index in [0.29, 0.717) is 0 Å². The van der Waals surface area contributed by atoms with Crippen molar-refractivity contribution in [3.63, 3.8) is 0 Å². The fourth-order valence-corrected chi connectivity index (χ4v) is 1.84. The summed E-state index contributed by atoms with van der Waals surface area (Å²) in [4.78, 5) is 27.6. The highest BCUT2D eigenvalue weighted by molar-refractivity contribution is 5.89. The average Bonchev–Trinajstić information content (AvgIpc) is 2.41. The van der Waals surface area contributed by atoms with Crippen molar-refractivity contribution in [2.45, 2.75) is 58.5 Å². The molecule has 0 spiro atoms. The second-order valence-corrected chi connectivity index (χ2v) is 6.93. The Balaban J connectivity index is 2.75. The van der Waals surface area contributed by atoms with Crippen molar-refractivity contribution in [2.24, 2.45) is 0 Å². The lowest BCUT2D eigenvalue weighted by atomic mass is 10.0. The summed E-state index contributed by atoms with van der Waals surface area (Å²) in [5.74, 6) is -0.669. The van der Waals surface area contributed by atoms with Gasteiger partial charge in [-0.3, -0.25) is 9.78 Å². The summed E-state index contributed by atoms with van der Waals surface area (Å²) in [5.41, 5.74) is -3.36. The second-order valence-electron chi connectivity index (χ2n) is 6.93. The minimum absolute atomic E-state index is 0.309. The molecule has 0 atom stereocenters. The van der Waals surface area contributed by atoms with Gasteiger partial charge in [0.25, 0.3) is 0 Å². The first-order valence-corrected chi connectivity index (χ1v) is 7.53. The predicted molar refractivity (Wildman–Crippen MR) is 84.5 cm³/mol. The topological polar surface area (TPSA) is 80.3 Å². The van der Waals surface area contributed by atoms with E-state index in [-0.39, 0.29) is 5.69 Å². The number of nitrogens with one attached hydrogen (secondary N) is 2. The number of alkyl halides is 3. The number of carbonyl (C=O) groups is 2. The summed E-state index contributed by atoms with van der Waals surface area (Å²) in [7, 11) is 0. The Labute approximate surface area is 144 Å². The summed E-state index contributed by atoms with van der Waals surface area (Å²) < 4.78 is 43.8. The van der Waals surface area contributed by atoms with E-state index in [0.717, 1.165) is 6.07 Å². The van der Waals surface area contributed by atoms with Crippen molar-refractivity contribution >= 4 is 12.0 Å². The largest absolute Gasteiger partial charge is 0.444 e. The van der Waals surface area contributed by atoms with Crippen LogP contribution in [0, 0.1) is 0 Å². The van der Waals surface area contributed by atoms with Crippen molar-refractivity contribution in [3.8, 4) is 0 Å². The molecule has 140 valence electrons. The number of hydrogen-bond acceptors (Lipinski definition) is 4. The van der Waals surface area contributed by atoms with Gasteiger partial charge in [-0.2, -0.15) is 13.2 Å². The fourth-order valence-electron chi connectivity index (χ4n) is 1.84. The number of amides is 2. The third-order valence-corrected chi connectivity index (χ3v) is 2.99. The van der Waals surface area contributed by atoms with Crippen LogP contribution in [-0.4, -0.2) is 28.1 Å². The summed E-state index contributed by atoms with van der Waals surface area (Å²) in [6, 6.07) is 2.06. The Morgan fingerprint density at radius 3 is 2.28 bits per heavy atom. The van der Waals surface area contributed by atoms with Gasteiger partial charge in [0.1, 0.15) is 11.1 Å². The minimum Gasteiger partial charge on any atom is -0.444 e. The zero-order valence-electron chi connectivity index (χ0n) is 14.7.